The molecule has 1 aliphatic rings. The number of ether oxygens (including phenoxy) is 1. The van der Waals surface area contributed by atoms with Crippen molar-refractivity contribution in [3.63, 3.8) is 0 Å². The predicted octanol–water partition coefficient (Wildman–Crippen LogP) is 2.23. The fourth-order valence-corrected chi connectivity index (χ4v) is 3.56. The molecule has 7 heteroatoms. The van der Waals surface area contributed by atoms with Crippen LogP contribution in [0.2, 0.25) is 0 Å². The van der Waals surface area contributed by atoms with Gasteiger partial charge in [-0.1, -0.05) is 36.4 Å². The topological polar surface area (TPSA) is 61.9 Å². The third-order valence-corrected chi connectivity index (χ3v) is 5.45. The van der Waals surface area contributed by atoms with Gasteiger partial charge in [-0.25, -0.2) is 4.39 Å². The lowest BCUT2D eigenvalue weighted by atomic mass is 10.1. The number of likely N-dealkylation sites (N-methyl/N-ethyl adjacent to an activating group) is 1. The van der Waals surface area contributed by atoms with Gasteiger partial charge in [-0.05, 0) is 18.1 Å². The Bertz CT molecular complexity index is 875. The van der Waals surface area contributed by atoms with Gasteiger partial charge in [0.05, 0.1) is 19.6 Å². The van der Waals surface area contributed by atoms with Gasteiger partial charge in [0, 0.05) is 44.9 Å². The summed E-state index contributed by atoms with van der Waals surface area (Å²) in [7, 11) is 3.23. The highest BCUT2D eigenvalue weighted by atomic mass is 19.1. The van der Waals surface area contributed by atoms with Crippen LogP contribution >= 0.6 is 0 Å². The van der Waals surface area contributed by atoms with Crippen molar-refractivity contribution < 1.29 is 18.7 Å². The van der Waals surface area contributed by atoms with Gasteiger partial charge in [0.2, 0.25) is 11.8 Å². The van der Waals surface area contributed by atoms with Crippen molar-refractivity contribution in [1.29, 1.82) is 0 Å². The number of nitrogens with one attached hydrogen (secondary N) is 1. The molecule has 1 N–H and O–H groups in total. The molecule has 0 saturated carbocycles. The number of nitrogens with zero attached hydrogens (tertiary/aromatic N) is 2. The average molecular weight is 413 g/mol. The van der Waals surface area contributed by atoms with E-state index < -0.39 is 6.04 Å². The van der Waals surface area contributed by atoms with Crippen LogP contribution in [-0.2, 0) is 22.6 Å². The number of methoxy groups -OCH3 is 1. The summed E-state index contributed by atoms with van der Waals surface area (Å²) < 4.78 is 19.4. The van der Waals surface area contributed by atoms with Gasteiger partial charge < -0.3 is 15.0 Å². The van der Waals surface area contributed by atoms with Crippen molar-refractivity contribution in [2.45, 2.75) is 25.4 Å². The van der Waals surface area contributed by atoms with E-state index in [2.05, 4.69) is 5.32 Å². The molecule has 2 aromatic rings. The Hall–Kier alpha value is -2.93. The van der Waals surface area contributed by atoms with Crippen LogP contribution in [0, 0.1) is 5.82 Å². The minimum atomic E-state index is -0.619. The lowest BCUT2D eigenvalue weighted by molar-refractivity contribution is -0.138. The van der Waals surface area contributed by atoms with Crippen LogP contribution in [0.15, 0.2) is 48.5 Å². The summed E-state index contributed by atoms with van der Waals surface area (Å²) in [6.07, 6.45) is 0.815. The number of hydrogen-bond acceptors (Lipinski definition) is 4. The van der Waals surface area contributed by atoms with Crippen molar-refractivity contribution in [1.82, 2.24) is 15.1 Å². The molecule has 2 amide bonds. The van der Waals surface area contributed by atoms with Crippen LogP contribution in [-0.4, -0.2) is 61.4 Å². The zero-order valence-electron chi connectivity index (χ0n) is 17.4. The molecular formula is C23H28FN3O3. The zero-order chi connectivity index (χ0) is 21.5. The first-order valence-electron chi connectivity index (χ1n) is 10.1. The monoisotopic (exact) mass is 413 g/mol. The Labute approximate surface area is 176 Å². The van der Waals surface area contributed by atoms with Crippen LogP contribution in [0.1, 0.15) is 17.5 Å². The maximum absolute atomic E-state index is 14.4. The van der Waals surface area contributed by atoms with Crippen molar-refractivity contribution in [3.05, 3.63) is 65.5 Å². The van der Waals surface area contributed by atoms with E-state index >= 15 is 0 Å². The highest BCUT2D eigenvalue weighted by molar-refractivity contribution is 5.88. The second-order valence-electron chi connectivity index (χ2n) is 7.49. The molecule has 0 spiro atoms. The van der Waals surface area contributed by atoms with Crippen molar-refractivity contribution in [3.8, 4) is 5.75 Å². The van der Waals surface area contributed by atoms with Crippen LogP contribution in [0.25, 0.3) is 0 Å². The first-order chi connectivity index (χ1) is 14.5. The molecular weight excluding hydrogens is 385 g/mol. The van der Waals surface area contributed by atoms with Crippen LogP contribution in [0.5, 0.6) is 5.75 Å². The quantitative estimate of drug-likeness (QED) is 0.721. The number of hydrogen-bond donors (Lipinski definition) is 1. The summed E-state index contributed by atoms with van der Waals surface area (Å²) in [6.45, 7) is 1.87. The third kappa shape index (κ3) is 5.57. The first-order valence-corrected chi connectivity index (χ1v) is 10.1. The smallest absolute Gasteiger partial charge is 0.237 e. The summed E-state index contributed by atoms with van der Waals surface area (Å²) in [6, 6.07) is 14.0. The van der Waals surface area contributed by atoms with Crippen LogP contribution < -0.4 is 10.1 Å². The Kier molecular flexibility index (Phi) is 7.41. The molecule has 1 fully saturated rings. The van der Waals surface area contributed by atoms with E-state index in [4.69, 9.17) is 4.74 Å². The molecule has 3 rings (SSSR count). The van der Waals surface area contributed by atoms with E-state index in [-0.39, 0.29) is 30.6 Å². The number of carbonyl (C=O) groups is 2. The number of amides is 2. The number of piperazine rings is 1. The largest absolute Gasteiger partial charge is 0.497 e. The van der Waals surface area contributed by atoms with Crippen molar-refractivity contribution >= 4 is 11.8 Å². The lowest BCUT2D eigenvalue weighted by Crippen LogP contribution is -2.56. The predicted molar refractivity (Wildman–Crippen MR) is 113 cm³/mol. The molecule has 0 unspecified atom stereocenters. The summed E-state index contributed by atoms with van der Waals surface area (Å²) in [4.78, 5) is 28.8. The lowest BCUT2D eigenvalue weighted by Gasteiger charge is -2.35. The zero-order valence-corrected chi connectivity index (χ0v) is 17.4. The summed E-state index contributed by atoms with van der Waals surface area (Å²) >= 11 is 0. The maximum atomic E-state index is 14.4. The van der Waals surface area contributed by atoms with Crippen LogP contribution in [0.4, 0.5) is 4.39 Å². The minimum absolute atomic E-state index is 0.0644. The van der Waals surface area contributed by atoms with E-state index in [1.54, 1.807) is 24.1 Å². The molecule has 1 saturated heterocycles. The molecule has 0 radical (unpaired) electrons. The summed E-state index contributed by atoms with van der Waals surface area (Å²) in [5.41, 5.74) is 1.63. The molecule has 1 aliphatic heterocycles. The molecule has 160 valence electrons. The van der Waals surface area contributed by atoms with Gasteiger partial charge in [-0.2, -0.15) is 0 Å². The van der Waals surface area contributed by atoms with Crippen LogP contribution in [0.3, 0.4) is 0 Å². The second-order valence-corrected chi connectivity index (χ2v) is 7.49. The molecule has 6 nitrogen and oxygen atoms in total. The van der Waals surface area contributed by atoms with Gasteiger partial charge in [-0.15, -0.1) is 0 Å². The first kappa shape index (κ1) is 21.8. The molecule has 0 aliphatic carbocycles. The number of halogens is 1. The molecule has 30 heavy (non-hydrogen) atoms. The number of benzene rings is 2. The van der Waals surface area contributed by atoms with Crippen molar-refractivity contribution in [2.24, 2.45) is 0 Å². The Morgan fingerprint density at radius 1 is 1.27 bits per heavy atom. The molecule has 0 aromatic heterocycles. The molecule has 2 aromatic carbocycles. The third-order valence-electron chi connectivity index (χ3n) is 5.45. The summed E-state index contributed by atoms with van der Waals surface area (Å²) in [5, 5.41) is 2.82. The van der Waals surface area contributed by atoms with E-state index in [1.165, 1.54) is 13.2 Å². The fourth-order valence-electron chi connectivity index (χ4n) is 3.56. The number of rotatable bonds is 8. The van der Waals surface area contributed by atoms with Gasteiger partial charge in [0.15, 0.2) is 0 Å². The molecule has 0 bridgehead atoms. The van der Waals surface area contributed by atoms with Gasteiger partial charge in [0.1, 0.15) is 11.6 Å². The van der Waals surface area contributed by atoms with E-state index in [1.807, 2.05) is 35.2 Å². The Morgan fingerprint density at radius 3 is 2.73 bits per heavy atom. The van der Waals surface area contributed by atoms with Gasteiger partial charge in [0.25, 0.3) is 0 Å². The summed E-state index contributed by atoms with van der Waals surface area (Å²) in [5.74, 6) is -0.238. The SMILES string of the molecule is COc1ccc(CN2CCNC(=O)[C@@H]2CC(=O)N(C)CCc2ccccc2)c(F)c1. The standard InChI is InChI=1S/C23H28FN3O3/c1-26(12-10-17-6-4-3-5-7-17)22(28)15-21-23(29)25-11-13-27(21)16-18-8-9-19(30-2)14-20(18)24/h3-9,14,21H,10-13,15-16H2,1-2H3,(H,25,29)/t21-/m0/s1. The van der Waals surface area contributed by atoms with Gasteiger partial charge in [-0.3, -0.25) is 14.5 Å². The number of carbonyl (C=O) groups excluding carboxylic acids is 2. The van der Waals surface area contributed by atoms with Crippen molar-refractivity contribution in [2.75, 3.05) is 33.8 Å². The van der Waals surface area contributed by atoms with E-state index in [0.717, 1.165) is 12.0 Å². The fraction of sp³-hybridized carbons (Fsp3) is 0.391. The maximum Gasteiger partial charge on any atom is 0.237 e. The van der Waals surface area contributed by atoms with E-state index in [0.29, 0.717) is 30.9 Å². The Morgan fingerprint density at radius 2 is 2.03 bits per heavy atom. The highest BCUT2D eigenvalue weighted by Gasteiger charge is 2.32. The van der Waals surface area contributed by atoms with E-state index in [9.17, 15) is 14.0 Å². The van der Waals surface area contributed by atoms with Gasteiger partial charge >= 0.3 is 0 Å². The Balaban J connectivity index is 1.62. The highest BCUT2D eigenvalue weighted by Crippen LogP contribution is 2.20. The minimum Gasteiger partial charge on any atom is -0.497 e. The molecule has 1 heterocycles. The average Bonchev–Trinajstić information content (AvgIpc) is 2.76. The normalized spacial score (nSPS) is 16.8. The molecule has 1 atom stereocenters. The second kappa shape index (κ2) is 10.2.